The number of carbonyl (C=O) groups excluding carboxylic acids is 1. The number of hydrogen-bond donors (Lipinski definition) is 1. The third-order valence-corrected chi connectivity index (χ3v) is 4.41. The minimum Gasteiger partial charge on any atom is -0.491 e. The summed E-state index contributed by atoms with van der Waals surface area (Å²) >= 11 is 0. The first kappa shape index (κ1) is 16.5. The monoisotopic (exact) mass is 329 g/mol. The van der Waals surface area contributed by atoms with Crippen molar-refractivity contribution < 1.29 is 14.6 Å². The largest absolute Gasteiger partial charge is 0.491 e. The van der Waals surface area contributed by atoms with E-state index in [-0.39, 0.29) is 19.1 Å². The molecule has 1 fully saturated rings. The summed E-state index contributed by atoms with van der Waals surface area (Å²) in [5, 5.41) is 10.7. The molecule has 1 aliphatic rings. The van der Waals surface area contributed by atoms with Crippen LogP contribution in [0.1, 0.15) is 17.8 Å². The van der Waals surface area contributed by atoms with Crippen LogP contribution in [-0.4, -0.2) is 50.8 Å². The molecule has 0 unspecified atom stereocenters. The summed E-state index contributed by atoms with van der Waals surface area (Å²) in [7, 11) is 0. The third kappa shape index (κ3) is 3.76. The molecule has 1 amide bonds. The van der Waals surface area contributed by atoms with Crippen molar-refractivity contribution in [3.05, 3.63) is 48.0 Å². The highest BCUT2D eigenvalue weighted by atomic mass is 16.5. The van der Waals surface area contributed by atoms with Gasteiger partial charge in [0.1, 0.15) is 30.3 Å². The Morgan fingerprint density at radius 1 is 1.42 bits per heavy atom. The number of benzene rings is 1. The quantitative estimate of drug-likeness (QED) is 0.903. The van der Waals surface area contributed by atoms with Crippen molar-refractivity contribution in [3.63, 3.8) is 0 Å². The molecule has 0 aliphatic carbocycles. The van der Waals surface area contributed by atoms with Crippen molar-refractivity contribution in [3.8, 4) is 5.75 Å². The lowest BCUT2D eigenvalue weighted by molar-refractivity contribution is -0.132. The van der Waals surface area contributed by atoms with Crippen molar-refractivity contribution in [2.24, 2.45) is 0 Å². The molecule has 0 radical (unpaired) electrons. The fourth-order valence-corrected chi connectivity index (χ4v) is 2.93. The van der Waals surface area contributed by atoms with Crippen molar-refractivity contribution >= 4 is 5.91 Å². The van der Waals surface area contributed by atoms with Crippen LogP contribution in [0.2, 0.25) is 0 Å². The van der Waals surface area contributed by atoms with E-state index < -0.39 is 5.60 Å². The Labute approximate surface area is 141 Å². The number of rotatable bonds is 5. The molecule has 1 aromatic heterocycles. The van der Waals surface area contributed by atoms with E-state index in [9.17, 15) is 9.90 Å². The Bertz CT molecular complexity index is 728. The molecule has 1 atom stereocenters. The minimum atomic E-state index is -0.997. The van der Waals surface area contributed by atoms with Crippen molar-refractivity contribution in [2.45, 2.75) is 32.4 Å². The second-order valence-corrected chi connectivity index (χ2v) is 6.50. The van der Waals surface area contributed by atoms with Gasteiger partial charge >= 0.3 is 0 Å². The van der Waals surface area contributed by atoms with E-state index in [0.29, 0.717) is 19.5 Å². The van der Waals surface area contributed by atoms with E-state index in [2.05, 4.69) is 4.98 Å². The van der Waals surface area contributed by atoms with Crippen LogP contribution in [0.15, 0.2) is 36.7 Å². The third-order valence-electron chi connectivity index (χ3n) is 4.41. The maximum absolute atomic E-state index is 12.4. The fourth-order valence-electron chi connectivity index (χ4n) is 2.93. The zero-order chi connectivity index (χ0) is 17.2. The molecule has 0 bridgehead atoms. The molecule has 1 N–H and O–H groups in total. The van der Waals surface area contributed by atoms with E-state index in [4.69, 9.17) is 4.74 Å². The molecule has 0 spiro atoms. The molecule has 2 aromatic rings. The highest BCUT2D eigenvalue weighted by Gasteiger charge is 2.39. The first-order chi connectivity index (χ1) is 11.5. The second-order valence-electron chi connectivity index (χ2n) is 6.50. The van der Waals surface area contributed by atoms with Crippen LogP contribution < -0.4 is 4.74 Å². The number of amides is 1. The van der Waals surface area contributed by atoms with Crippen molar-refractivity contribution in [1.82, 2.24) is 14.5 Å². The number of aromatic nitrogens is 2. The summed E-state index contributed by atoms with van der Waals surface area (Å²) in [4.78, 5) is 18.2. The fraction of sp³-hybridized carbons (Fsp3) is 0.444. The number of β-amino-alcohol motifs (C(OH)–C–C–N with tert-alkyl or cyclic N) is 1. The second kappa shape index (κ2) is 6.65. The van der Waals surface area contributed by atoms with Gasteiger partial charge in [0.2, 0.25) is 5.91 Å². The molecule has 3 rings (SSSR count). The SMILES string of the molecule is Cc1cccc(OC[C@@]2(O)CCN(C(=O)Cn3ccnc3C)C2)c1. The van der Waals surface area contributed by atoms with E-state index in [1.54, 1.807) is 17.3 Å². The Balaban J connectivity index is 1.55. The van der Waals surface area contributed by atoms with Gasteiger partial charge in [0.25, 0.3) is 0 Å². The zero-order valence-electron chi connectivity index (χ0n) is 14.1. The molecule has 1 aromatic carbocycles. The number of imidazole rings is 1. The predicted molar refractivity (Wildman–Crippen MR) is 89.8 cm³/mol. The van der Waals surface area contributed by atoms with Gasteiger partial charge in [-0.25, -0.2) is 4.98 Å². The Morgan fingerprint density at radius 2 is 2.25 bits per heavy atom. The number of aryl methyl sites for hydroxylation is 2. The van der Waals surface area contributed by atoms with Gasteiger partial charge in [-0.15, -0.1) is 0 Å². The standard InChI is InChI=1S/C18H23N3O3/c1-14-4-3-5-16(10-14)24-13-18(23)6-8-21(12-18)17(22)11-20-9-7-19-15(20)2/h3-5,7,9-10,23H,6,8,11-13H2,1-2H3/t18-/m1/s1. The molecule has 1 aliphatic heterocycles. The first-order valence-electron chi connectivity index (χ1n) is 8.13. The molecular weight excluding hydrogens is 306 g/mol. The van der Waals surface area contributed by atoms with Gasteiger partial charge in [-0.3, -0.25) is 4.79 Å². The van der Waals surface area contributed by atoms with Gasteiger partial charge < -0.3 is 19.3 Å². The number of aliphatic hydroxyl groups is 1. The summed E-state index contributed by atoms with van der Waals surface area (Å²) in [5.74, 6) is 1.53. The van der Waals surface area contributed by atoms with Gasteiger partial charge in [-0.2, -0.15) is 0 Å². The van der Waals surface area contributed by atoms with Gasteiger partial charge in [0.15, 0.2) is 0 Å². The number of ether oxygens (including phenoxy) is 1. The van der Waals surface area contributed by atoms with Crippen LogP contribution in [0, 0.1) is 13.8 Å². The predicted octanol–water partition coefficient (Wildman–Crippen LogP) is 1.54. The van der Waals surface area contributed by atoms with E-state index >= 15 is 0 Å². The maximum atomic E-state index is 12.4. The lowest BCUT2D eigenvalue weighted by Crippen LogP contribution is -2.41. The van der Waals surface area contributed by atoms with Crippen LogP contribution in [0.5, 0.6) is 5.75 Å². The van der Waals surface area contributed by atoms with Gasteiger partial charge in [-0.1, -0.05) is 12.1 Å². The summed E-state index contributed by atoms with van der Waals surface area (Å²) in [6, 6.07) is 7.72. The number of hydrogen-bond acceptors (Lipinski definition) is 4. The zero-order valence-corrected chi connectivity index (χ0v) is 14.1. The normalized spacial score (nSPS) is 20.4. The van der Waals surface area contributed by atoms with Gasteiger partial charge in [0.05, 0.1) is 6.54 Å². The minimum absolute atomic E-state index is 0.0115. The average molecular weight is 329 g/mol. The van der Waals surface area contributed by atoms with Crippen LogP contribution in [-0.2, 0) is 11.3 Å². The Hall–Kier alpha value is -2.34. The highest BCUT2D eigenvalue weighted by Crippen LogP contribution is 2.23. The van der Waals surface area contributed by atoms with Crippen LogP contribution in [0.3, 0.4) is 0 Å². The smallest absolute Gasteiger partial charge is 0.242 e. The molecule has 6 nitrogen and oxygen atoms in total. The Morgan fingerprint density at radius 3 is 2.96 bits per heavy atom. The topological polar surface area (TPSA) is 67.6 Å². The average Bonchev–Trinajstić information content (AvgIpc) is 3.13. The number of likely N-dealkylation sites (tertiary alicyclic amines) is 1. The molecule has 128 valence electrons. The Kier molecular flexibility index (Phi) is 4.57. The summed E-state index contributed by atoms with van der Waals surface area (Å²) in [6.45, 7) is 5.13. The molecule has 1 saturated heterocycles. The molecule has 2 heterocycles. The summed E-state index contributed by atoms with van der Waals surface area (Å²) < 4.78 is 7.53. The van der Waals surface area contributed by atoms with E-state index in [1.807, 2.05) is 42.7 Å². The van der Waals surface area contributed by atoms with Crippen LogP contribution in [0.25, 0.3) is 0 Å². The van der Waals surface area contributed by atoms with Crippen LogP contribution in [0.4, 0.5) is 0 Å². The lowest BCUT2D eigenvalue weighted by Gasteiger charge is -2.24. The van der Waals surface area contributed by atoms with E-state index in [0.717, 1.165) is 17.1 Å². The number of carbonyl (C=O) groups is 1. The summed E-state index contributed by atoms with van der Waals surface area (Å²) in [6.07, 6.45) is 3.99. The van der Waals surface area contributed by atoms with Gasteiger partial charge in [-0.05, 0) is 38.0 Å². The highest BCUT2D eigenvalue weighted by molar-refractivity contribution is 5.76. The number of nitrogens with zero attached hydrogens (tertiary/aromatic N) is 3. The lowest BCUT2D eigenvalue weighted by atomic mass is 10.1. The van der Waals surface area contributed by atoms with Gasteiger partial charge in [0, 0.05) is 18.9 Å². The molecule has 24 heavy (non-hydrogen) atoms. The molecule has 6 heteroatoms. The molecule has 0 saturated carbocycles. The molecular formula is C18H23N3O3. The van der Waals surface area contributed by atoms with Crippen molar-refractivity contribution in [2.75, 3.05) is 19.7 Å². The van der Waals surface area contributed by atoms with Crippen molar-refractivity contribution in [1.29, 1.82) is 0 Å². The van der Waals surface area contributed by atoms with Crippen LogP contribution >= 0.6 is 0 Å². The van der Waals surface area contributed by atoms with E-state index in [1.165, 1.54) is 0 Å². The first-order valence-corrected chi connectivity index (χ1v) is 8.13. The summed E-state index contributed by atoms with van der Waals surface area (Å²) in [5.41, 5.74) is 0.113. The maximum Gasteiger partial charge on any atom is 0.242 e.